The molecule has 2 aromatic heterocycles. The number of nitrogens with zero attached hydrogens (tertiary/aromatic N) is 5. The minimum Gasteiger partial charge on any atom is -0.508 e. The van der Waals surface area contributed by atoms with E-state index in [9.17, 15) is 9.90 Å². The molecule has 1 atom stereocenters. The van der Waals surface area contributed by atoms with Crippen LogP contribution in [0.15, 0.2) is 36.4 Å². The van der Waals surface area contributed by atoms with Crippen LogP contribution in [0.3, 0.4) is 0 Å². The number of piperidine rings is 1. The fourth-order valence-electron chi connectivity index (χ4n) is 3.69. The summed E-state index contributed by atoms with van der Waals surface area (Å²) in [5.74, 6) is 1.93. The van der Waals surface area contributed by atoms with Crippen LogP contribution in [-0.4, -0.2) is 54.9 Å². The molecule has 0 radical (unpaired) electrons. The number of amides is 1. The number of phenolic OH excluding ortho intramolecular Hbond substituents is 1. The Morgan fingerprint density at radius 1 is 1.21 bits per heavy atom. The van der Waals surface area contributed by atoms with Crippen molar-refractivity contribution in [3.05, 3.63) is 47.8 Å². The van der Waals surface area contributed by atoms with Gasteiger partial charge in [0.1, 0.15) is 11.6 Å². The van der Waals surface area contributed by atoms with Crippen molar-refractivity contribution in [2.45, 2.75) is 39.2 Å². The zero-order chi connectivity index (χ0) is 20.4. The van der Waals surface area contributed by atoms with E-state index in [1.54, 1.807) is 16.6 Å². The van der Waals surface area contributed by atoms with Crippen LogP contribution >= 0.6 is 0 Å². The number of aromatic nitrogens is 4. The molecule has 0 saturated carbocycles. The lowest BCUT2D eigenvalue weighted by molar-refractivity contribution is -0.135. The predicted octanol–water partition coefficient (Wildman–Crippen LogP) is 2.48. The van der Waals surface area contributed by atoms with Gasteiger partial charge in [-0.25, -0.2) is 0 Å². The Kier molecular flexibility index (Phi) is 5.33. The highest BCUT2D eigenvalue weighted by molar-refractivity contribution is 5.78. The smallest absolute Gasteiger partial charge is 0.225 e. The third-order valence-corrected chi connectivity index (χ3v) is 5.20. The zero-order valence-electron chi connectivity index (χ0n) is 16.7. The second kappa shape index (κ2) is 8.06. The number of benzene rings is 1. The zero-order valence-corrected chi connectivity index (χ0v) is 16.7. The largest absolute Gasteiger partial charge is 0.508 e. The van der Waals surface area contributed by atoms with E-state index in [0.29, 0.717) is 18.6 Å². The molecule has 3 heterocycles. The molecule has 1 aromatic carbocycles. The maximum absolute atomic E-state index is 12.3. The van der Waals surface area contributed by atoms with Crippen LogP contribution in [0.25, 0.3) is 5.65 Å². The first kappa shape index (κ1) is 19.2. The number of rotatable bonds is 5. The Morgan fingerprint density at radius 3 is 2.76 bits per heavy atom. The van der Waals surface area contributed by atoms with Crippen LogP contribution in [0.5, 0.6) is 5.75 Å². The molecule has 0 bridgehead atoms. The van der Waals surface area contributed by atoms with Crippen molar-refractivity contribution >= 4 is 17.4 Å². The molecular formula is C21H26N6O2. The second-order valence-corrected chi connectivity index (χ2v) is 7.87. The Bertz CT molecular complexity index is 998. The summed E-state index contributed by atoms with van der Waals surface area (Å²) in [6, 6.07) is 11.0. The Balaban J connectivity index is 1.50. The summed E-state index contributed by atoms with van der Waals surface area (Å²) >= 11 is 0. The molecule has 1 aliphatic rings. The van der Waals surface area contributed by atoms with Gasteiger partial charge in [0.25, 0.3) is 0 Å². The van der Waals surface area contributed by atoms with Crippen LogP contribution in [-0.2, 0) is 11.2 Å². The molecule has 1 amide bonds. The highest BCUT2D eigenvalue weighted by atomic mass is 16.3. The number of carbonyl (C=O) groups excluding carboxylic acids is 1. The van der Waals surface area contributed by atoms with E-state index in [1.807, 2.05) is 43.0 Å². The van der Waals surface area contributed by atoms with Crippen LogP contribution in [0.2, 0.25) is 0 Å². The molecule has 1 saturated heterocycles. The fourth-order valence-corrected chi connectivity index (χ4v) is 3.69. The molecule has 29 heavy (non-hydrogen) atoms. The third-order valence-electron chi connectivity index (χ3n) is 5.20. The molecule has 1 fully saturated rings. The predicted molar refractivity (Wildman–Crippen MR) is 110 cm³/mol. The summed E-state index contributed by atoms with van der Waals surface area (Å²) in [6.07, 6.45) is 2.55. The maximum Gasteiger partial charge on any atom is 0.225 e. The van der Waals surface area contributed by atoms with Gasteiger partial charge >= 0.3 is 0 Å². The molecule has 152 valence electrons. The summed E-state index contributed by atoms with van der Waals surface area (Å²) in [5.41, 5.74) is 1.71. The number of fused-ring (bicyclic) bond motifs is 1. The van der Waals surface area contributed by atoms with E-state index in [-0.39, 0.29) is 23.6 Å². The van der Waals surface area contributed by atoms with Gasteiger partial charge in [-0.3, -0.25) is 4.79 Å². The van der Waals surface area contributed by atoms with Crippen molar-refractivity contribution in [3.63, 3.8) is 0 Å². The molecule has 0 spiro atoms. The second-order valence-electron chi connectivity index (χ2n) is 7.87. The number of anilines is 1. The van der Waals surface area contributed by atoms with Gasteiger partial charge in [0.2, 0.25) is 5.91 Å². The molecule has 3 aromatic rings. The molecule has 0 aliphatic carbocycles. The van der Waals surface area contributed by atoms with Gasteiger partial charge in [-0.1, -0.05) is 26.0 Å². The van der Waals surface area contributed by atoms with Gasteiger partial charge in [-0.15, -0.1) is 15.3 Å². The average Bonchev–Trinajstić information content (AvgIpc) is 3.11. The number of carbonyl (C=O) groups is 1. The number of hydrogen-bond acceptors (Lipinski definition) is 6. The lowest BCUT2D eigenvalue weighted by Crippen LogP contribution is -2.46. The van der Waals surface area contributed by atoms with E-state index in [1.165, 1.54) is 0 Å². The van der Waals surface area contributed by atoms with Crippen LogP contribution in [0, 0.1) is 5.92 Å². The van der Waals surface area contributed by atoms with Gasteiger partial charge in [0, 0.05) is 31.5 Å². The van der Waals surface area contributed by atoms with E-state index < -0.39 is 0 Å². The summed E-state index contributed by atoms with van der Waals surface area (Å²) in [4.78, 5) is 14.3. The van der Waals surface area contributed by atoms with Crippen molar-refractivity contribution in [1.82, 2.24) is 24.7 Å². The Morgan fingerprint density at radius 2 is 2.00 bits per heavy atom. The molecule has 8 heteroatoms. The number of phenols is 1. The van der Waals surface area contributed by atoms with Crippen molar-refractivity contribution in [2.75, 3.05) is 18.4 Å². The number of nitrogens with one attached hydrogen (secondary N) is 1. The van der Waals surface area contributed by atoms with Crippen molar-refractivity contribution < 1.29 is 9.90 Å². The fraction of sp³-hybridized carbons (Fsp3) is 0.429. The summed E-state index contributed by atoms with van der Waals surface area (Å²) < 4.78 is 1.75. The monoisotopic (exact) mass is 394 g/mol. The first-order chi connectivity index (χ1) is 14.0. The maximum atomic E-state index is 12.3. The SMILES string of the molecule is CC(C)C(=O)N1CCCC(Nc2ccc3nnc(Cc4ccc(O)cc4)n3n2)C1. The molecule has 1 aliphatic heterocycles. The molecular weight excluding hydrogens is 368 g/mol. The number of likely N-dealkylation sites (tertiary alicyclic amines) is 1. The normalized spacial score (nSPS) is 17.1. The average molecular weight is 394 g/mol. The van der Waals surface area contributed by atoms with E-state index in [2.05, 4.69) is 20.6 Å². The van der Waals surface area contributed by atoms with E-state index in [4.69, 9.17) is 0 Å². The molecule has 2 N–H and O–H groups in total. The molecule has 1 unspecified atom stereocenters. The van der Waals surface area contributed by atoms with Gasteiger partial charge < -0.3 is 15.3 Å². The van der Waals surface area contributed by atoms with Crippen molar-refractivity contribution in [3.8, 4) is 5.75 Å². The van der Waals surface area contributed by atoms with Crippen molar-refractivity contribution in [1.29, 1.82) is 0 Å². The minimum absolute atomic E-state index is 0.0164. The first-order valence-corrected chi connectivity index (χ1v) is 10.0. The van der Waals surface area contributed by atoms with Crippen LogP contribution in [0.4, 0.5) is 5.82 Å². The number of hydrogen-bond donors (Lipinski definition) is 2. The summed E-state index contributed by atoms with van der Waals surface area (Å²) in [5, 5.41) is 26.1. The lowest BCUT2D eigenvalue weighted by atomic mass is 10.0. The minimum atomic E-state index is 0.0164. The standard InChI is InChI=1S/C21H26N6O2/c1-14(2)21(29)26-11-3-4-16(13-26)22-18-9-10-19-23-24-20(27(19)25-18)12-15-5-7-17(28)8-6-15/h5-10,14,16,28H,3-4,11-13H2,1-2H3,(H,22,25). The van der Waals surface area contributed by atoms with E-state index >= 15 is 0 Å². The topological polar surface area (TPSA) is 95.7 Å². The summed E-state index contributed by atoms with van der Waals surface area (Å²) in [6.45, 7) is 5.40. The van der Waals surface area contributed by atoms with Gasteiger partial charge in [-0.05, 0) is 42.7 Å². The third kappa shape index (κ3) is 4.31. The summed E-state index contributed by atoms with van der Waals surface area (Å²) in [7, 11) is 0. The first-order valence-electron chi connectivity index (χ1n) is 10.0. The highest BCUT2D eigenvalue weighted by Gasteiger charge is 2.25. The van der Waals surface area contributed by atoms with Gasteiger partial charge in [0.15, 0.2) is 11.5 Å². The van der Waals surface area contributed by atoms with Crippen LogP contribution in [0.1, 0.15) is 38.1 Å². The molecule has 4 rings (SSSR count). The van der Waals surface area contributed by atoms with Crippen molar-refractivity contribution in [2.24, 2.45) is 5.92 Å². The van der Waals surface area contributed by atoms with Crippen LogP contribution < -0.4 is 5.32 Å². The quantitative estimate of drug-likeness (QED) is 0.690. The lowest BCUT2D eigenvalue weighted by Gasteiger charge is -2.34. The number of aromatic hydroxyl groups is 1. The molecule has 8 nitrogen and oxygen atoms in total. The van der Waals surface area contributed by atoms with Gasteiger partial charge in [-0.2, -0.15) is 4.52 Å². The highest BCUT2D eigenvalue weighted by Crippen LogP contribution is 2.18. The Hall–Kier alpha value is -3.16. The van der Waals surface area contributed by atoms with Gasteiger partial charge in [0.05, 0.1) is 0 Å². The van der Waals surface area contributed by atoms with E-state index in [0.717, 1.165) is 36.6 Å². The Labute approximate surface area is 169 Å².